The predicted molar refractivity (Wildman–Crippen MR) is 73.4 cm³/mol. The van der Waals surface area contributed by atoms with Crippen molar-refractivity contribution in [2.24, 2.45) is 5.41 Å². The number of rotatable bonds is 3. The molecule has 1 aromatic rings. The lowest BCUT2D eigenvalue weighted by molar-refractivity contribution is -0.122. The van der Waals surface area contributed by atoms with E-state index in [0.29, 0.717) is 0 Å². The smallest absolute Gasteiger partial charge is 0.140 e. The van der Waals surface area contributed by atoms with Gasteiger partial charge in [0.25, 0.3) is 0 Å². The Labute approximate surface area is 114 Å². The van der Waals surface area contributed by atoms with Gasteiger partial charge in [-0.15, -0.1) is 0 Å². The molecule has 3 saturated carbocycles. The summed E-state index contributed by atoms with van der Waals surface area (Å²) in [7, 11) is 1.68. The highest BCUT2D eigenvalue weighted by Crippen LogP contribution is 2.56. The Bertz CT molecular complexity index is 485. The summed E-state index contributed by atoms with van der Waals surface area (Å²) in [5.41, 5.74) is 2.36. The van der Waals surface area contributed by atoms with E-state index in [-0.39, 0.29) is 10.8 Å². The van der Waals surface area contributed by atoms with Crippen molar-refractivity contribution in [3.05, 3.63) is 23.5 Å². The van der Waals surface area contributed by atoms with Crippen LogP contribution < -0.4 is 4.74 Å². The van der Waals surface area contributed by atoms with Crippen LogP contribution in [0.5, 0.6) is 5.75 Å². The summed E-state index contributed by atoms with van der Waals surface area (Å²) >= 11 is 0. The molecule has 2 bridgehead atoms. The first kappa shape index (κ1) is 12.6. The van der Waals surface area contributed by atoms with Crippen LogP contribution in [0.4, 0.5) is 0 Å². The summed E-state index contributed by atoms with van der Waals surface area (Å²) in [6, 6.07) is 4.15. The van der Waals surface area contributed by atoms with Gasteiger partial charge < -0.3 is 9.53 Å². The van der Waals surface area contributed by atoms with Crippen molar-refractivity contribution < 1.29 is 9.53 Å². The van der Waals surface area contributed by atoms with Crippen LogP contribution in [0.2, 0.25) is 0 Å². The van der Waals surface area contributed by atoms with Crippen LogP contribution in [0.3, 0.4) is 0 Å². The molecule has 4 rings (SSSR count). The molecule has 1 aromatic heterocycles. The summed E-state index contributed by atoms with van der Waals surface area (Å²) < 4.78 is 5.29. The normalized spacial score (nSPS) is 33.2. The third-order valence-corrected chi connectivity index (χ3v) is 5.35. The third-order valence-electron chi connectivity index (χ3n) is 5.35. The van der Waals surface area contributed by atoms with E-state index in [1.54, 1.807) is 7.11 Å². The van der Waals surface area contributed by atoms with E-state index >= 15 is 0 Å². The van der Waals surface area contributed by atoms with E-state index in [1.807, 2.05) is 13.0 Å². The van der Waals surface area contributed by atoms with Crippen molar-refractivity contribution in [3.8, 4) is 5.75 Å². The number of aromatic nitrogens is 1. The van der Waals surface area contributed by atoms with E-state index < -0.39 is 0 Å². The second kappa shape index (κ2) is 4.32. The van der Waals surface area contributed by atoms with Gasteiger partial charge in [0.1, 0.15) is 12.0 Å². The van der Waals surface area contributed by atoms with Crippen LogP contribution in [-0.4, -0.2) is 18.4 Å². The lowest BCUT2D eigenvalue weighted by Gasteiger charge is -2.50. The first-order chi connectivity index (χ1) is 9.13. The number of hydrogen-bond donors (Lipinski definition) is 0. The molecule has 3 heteroatoms. The van der Waals surface area contributed by atoms with Gasteiger partial charge in [-0.1, -0.05) is 0 Å². The molecule has 0 saturated heterocycles. The summed E-state index contributed by atoms with van der Waals surface area (Å²) in [6.07, 6.45) is 7.61. The molecule has 0 N–H and O–H groups in total. The Kier molecular flexibility index (Phi) is 2.88. The average Bonchev–Trinajstić information content (AvgIpc) is 2.49. The van der Waals surface area contributed by atoms with E-state index in [2.05, 4.69) is 6.07 Å². The number of carbonyl (C=O) groups excluding carboxylic acids is 1. The van der Waals surface area contributed by atoms with Crippen LogP contribution in [0.25, 0.3) is 0 Å². The molecule has 3 nitrogen and oxygen atoms in total. The zero-order valence-electron chi connectivity index (χ0n) is 11.7. The van der Waals surface area contributed by atoms with Crippen molar-refractivity contribution >= 4 is 6.29 Å². The monoisotopic (exact) mass is 259 g/mol. The minimum absolute atomic E-state index is 0.0106. The third kappa shape index (κ3) is 1.87. The Balaban J connectivity index is 1.91. The molecule has 3 fully saturated rings. The largest absolute Gasteiger partial charge is 0.495 e. The standard InChI is InChI=1S/C16H21NO2/c1-12-13(19-2)3-4-14(17-12)16-8-5-15(11-18,6-9-16)7-10-16/h3-4,11H,5-10H2,1-2H3. The zero-order valence-corrected chi connectivity index (χ0v) is 11.7. The summed E-state index contributed by atoms with van der Waals surface area (Å²) in [6.45, 7) is 2.00. The van der Waals surface area contributed by atoms with Crippen LogP contribution in [0.15, 0.2) is 12.1 Å². The molecule has 1 heterocycles. The number of nitrogens with zero attached hydrogens (tertiary/aromatic N) is 1. The van der Waals surface area contributed by atoms with Gasteiger partial charge in [0.2, 0.25) is 0 Å². The lowest BCUT2D eigenvalue weighted by Crippen LogP contribution is -2.45. The number of hydrogen-bond acceptors (Lipinski definition) is 3. The van der Waals surface area contributed by atoms with Crippen molar-refractivity contribution in [2.45, 2.75) is 50.9 Å². The topological polar surface area (TPSA) is 39.2 Å². The summed E-state index contributed by atoms with van der Waals surface area (Å²) in [5, 5.41) is 0. The minimum atomic E-state index is -0.0106. The molecule has 19 heavy (non-hydrogen) atoms. The first-order valence-corrected chi connectivity index (χ1v) is 7.12. The van der Waals surface area contributed by atoms with E-state index in [9.17, 15) is 4.79 Å². The fourth-order valence-corrected chi connectivity index (χ4v) is 3.84. The highest BCUT2D eigenvalue weighted by Gasteiger charge is 2.50. The highest BCUT2D eigenvalue weighted by atomic mass is 16.5. The van der Waals surface area contributed by atoms with E-state index in [0.717, 1.165) is 50.0 Å². The molecule has 0 atom stereocenters. The van der Waals surface area contributed by atoms with Crippen LogP contribution >= 0.6 is 0 Å². The lowest BCUT2D eigenvalue weighted by atomic mass is 9.53. The second-order valence-electron chi connectivity index (χ2n) is 6.24. The van der Waals surface area contributed by atoms with Gasteiger partial charge in [0, 0.05) is 16.5 Å². The maximum Gasteiger partial charge on any atom is 0.140 e. The number of methoxy groups -OCH3 is 1. The van der Waals surface area contributed by atoms with Gasteiger partial charge >= 0.3 is 0 Å². The highest BCUT2D eigenvalue weighted by molar-refractivity contribution is 5.60. The first-order valence-electron chi connectivity index (χ1n) is 7.12. The summed E-state index contributed by atoms with van der Waals surface area (Å²) in [4.78, 5) is 16.1. The fourth-order valence-electron chi connectivity index (χ4n) is 3.84. The maximum absolute atomic E-state index is 11.3. The van der Waals surface area contributed by atoms with Crippen molar-refractivity contribution in [3.63, 3.8) is 0 Å². The maximum atomic E-state index is 11.3. The van der Waals surface area contributed by atoms with Crippen LogP contribution in [0, 0.1) is 12.3 Å². The molecule has 0 spiro atoms. The second-order valence-corrected chi connectivity index (χ2v) is 6.24. The molecule has 0 radical (unpaired) electrons. The molecule has 3 aliphatic carbocycles. The molecule has 0 aromatic carbocycles. The number of aryl methyl sites for hydroxylation is 1. The van der Waals surface area contributed by atoms with E-state index in [4.69, 9.17) is 9.72 Å². The quantitative estimate of drug-likeness (QED) is 0.783. The number of fused-ring (bicyclic) bond motifs is 3. The molecule has 0 amide bonds. The van der Waals surface area contributed by atoms with Gasteiger partial charge in [-0.3, -0.25) is 4.98 Å². The Morgan fingerprint density at radius 1 is 1.16 bits per heavy atom. The van der Waals surface area contributed by atoms with Crippen molar-refractivity contribution in [1.29, 1.82) is 0 Å². The van der Waals surface area contributed by atoms with Crippen LogP contribution in [0.1, 0.15) is 49.9 Å². The Hall–Kier alpha value is -1.38. The molecule has 0 aliphatic heterocycles. The Morgan fingerprint density at radius 3 is 2.26 bits per heavy atom. The van der Waals surface area contributed by atoms with Gasteiger partial charge in [-0.05, 0) is 57.6 Å². The van der Waals surface area contributed by atoms with Crippen molar-refractivity contribution in [2.75, 3.05) is 7.11 Å². The number of aldehydes is 1. The fraction of sp³-hybridized carbons (Fsp3) is 0.625. The number of carbonyl (C=O) groups is 1. The van der Waals surface area contributed by atoms with Crippen molar-refractivity contribution in [1.82, 2.24) is 4.98 Å². The SMILES string of the molecule is COc1ccc(C23CCC(C=O)(CC2)CC3)nc1C. The number of pyridine rings is 1. The summed E-state index contributed by atoms with van der Waals surface area (Å²) in [5.74, 6) is 0.856. The minimum Gasteiger partial charge on any atom is -0.495 e. The van der Waals surface area contributed by atoms with Crippen LogP contribution in [-0.2, 0) is 10.2 Å². The molecule has 3 aliphatic rings. The van der Waals surface area contributed by atoms with Gasteiger partial charge in [0.15, 0.2) is 0 Å². The molecule has 102 valence electrons. The molecular weight excluding hydrogens is 238 g/mol. The predicted octanol–water partition coefficient (Wildman–Crippen LogP) is 3.19. The number of ether oxygens (including phenoxy) is 1. The zero-order chi connectivity index (χ0) is 13.5. The molecular formula is C16H21NO2. The van der Waals surface area contributed by atoms with Gasteiger partial charge in [0.05, 0.1) is 12.8 Å². The van der Waals surface area contributed by atoms with Gasteiger partial charge in [-0.25, -0.2) is 0 Å². The van der Waals surface area contributed by atoms with Gasteiger partial charge in [-0.2, -0.15) is 0 Å². The average molecular weight is 259 g/mol. The Morgan fingerprint density at radius 2 is 1.79 bits per heavy atom. The molecule has 0 unspecified atom stereocenters. The van der Waals surface area contributed by atoms with E-state index in [1.165, 1.54) is 12.0 Å².